The maximum Gasteiger partial charge on any atom is 0.315 e. The van der Waals surface area contributed by atoms with Crippen LogP contribution < -0.4 is 15.5 Å². The number of rotatable bonds is 5. The van der Waals surface area contributed by atoms with E-state index in [9.17, 15) is 14.4 Å². The second-order valence-corrected chi connectivity index (χ2v) is 11.6. The lowest BCUT2D eigenvalue weighted by molar-refractivity contribution is 0.165. The zero-order valence-electron chi connectivity index (χ0n) is 21.0. The van der Waals surface area contributed by atoms with E-state index in [1.54, 1.807) is 12.1 Å². The van der Waals surface area contributed by atoms with Gasteiger partial charge in [-0.25, -0.2) is 19.2 Å². The number of likely N-dealkylation sites (tertiary alicyclic amines) is 1. The van der Waals surface area contributed by atoms with E-state index in [0.29, 0.717) is 40.8 Å². The minimum Gasteiger partial charge on any atom is -0.351 e. The average Bonchev–Trinajstić information content (AvgIpc) is 3.72. The molecule has 3 aromatic heterocycles. The van der Waals surface area contributed by atoms with Crippen molar-refractivity contribution < 1.29 is 9.18 Å². The van der Waals surface area contributed by atoms with Crippen LogP contribution in [0.5, 0.6) is 0 Å². The van der Waals surface area contributed by atoms with Crippen LogP contribution in [0.4, 0.5) is 25.3 Å². The Kier molecular flexibility index (Phi) is 5.96. The van der Waals surface area contributed by atoms with Gasteiger partial charge >= 0.3 is 6.03 Å². The Labute approximate surface area is 226 Å². The van der Waals surface area contributed by atoms with E-state index in [1.807, 2.05) is 28.3 Å². The number of anilines is 3. The topological polar surface area (TPSA) is 120 Å². The molecule has 2 amide bonds. The predicted molar refractivity (Wildman–Crippen MR) is 146 cm³/mol. The number of imidazole rings is 1. The van der Waals surface area contributed by atoms with Crippen LogP contribution >= 0.6 is 22.7 Å². The Bertz CT molecular complexity index is 1570. The number of hydrogen-bond acceptors (Lipinski definition) is 9. The summed E-state index contributed by atoms with van der Waals surface area (Å²) in [6, 6.07) is 7.86. The molecule has 2 saturated heterocycles. The summed E-state index contributed by atoms with van der Waals surface area (Å²) in [6.45, 7) is 4.25. The van der Waals surface area contributed by atoms with Crippen LogP contribution in [0.3, 0.4) is 0 Å². The van der Waals surface area contributed by atoms with Crippen molar-refractivity contribution in [3.8, 4) is 17.3 Å². The fourth-order valence-electron chi connectivity index (χ4n) is 5.62. The van der Waals surface area contributed by atoms with Gasteiger partial charge in [-0.3, -0.25) is 0 Å². The highest BCUT2D eigenvalue weighted by Gasteiger charge is 2.48. The van der Waals surface area contributed by atoms with Crippen molar-refractivity contribution in [3.05, 3.63) is 40.7 Å². The summed E-state index contributed by atoms with van der Waals surface area (Å²) >= 11 is 2.80. The van der Waals surface area contributed by atoms with Crippen LogP contribution in [-0.4, -0.2) is 62.7 Å². The van der Waals surface area contributed by atoms with Crippen LogP contribution in [0.1, 0.15) is 36.8 Å². The first-order valence-electron chi connectivity index (χ1n) is 12.4. The van der Waals surface area contributed by atoms with Crippen molar-refractivity contribution in [3.63, 3.8) is 0 Å². The van der Waals surface area contributed by atoms with E-state index in [0.717, 1.165) is 47.4 Å². The van der Waals surface area contributed by atoms with Crippen LogP contribution in [0, 0.1) is 17.1 Å². The van der Waals surface area contributed by atoms with Crippen LogP contribution in [0.15, 0.2) is 24.3 Å². The van der Waals surface area contributed by atoms with E-state index in [-0.39, 0.29) is 17.4 Å². The molecule has 5 heterocycles. The molecule has 0 aliphatic carbocycles. The molecule has 13 heteroatoms. The quantitative estimate of drug-likeness (QED) is 0.391. The van der Waals surface area contributed by atoms with Gasteiger partial charge in [0.2, 0.25) is 10.1 Å². The van der Waals surface area contributed by atoms with Gasteiger partial charge in [0, 0.05) is 32.2 Å². The van der Waals surface area contributed by atoms with Crippen LogP contribution in [-0.2, 0) is 6.42 Å². The number of carbonyl (C=O) groups excluding carboxylic acids is 1. The Morgan fingerprint density at radius 2 is 2.03 bits per heavy atom. The Balaban J connectivity index is 1.34. The molecule has 1 unspecified atom stereocenters. The fourth-order valence-corrected chi connectivity index (χ4v) is 7.41. The smallest absolute Gasteiger partial charge is 0.315 e. The molecule has 1 aromatic carbocycles. The van der Waals surface area contributed by atoms with Gasteiger partial charge in [0.25, 0.3) is 0 Å². The van der Waals surface area contributed by atoms with Crippen molar-refractivity contribution in [1.82, 2.24) is 24.5 Å². The number of thiazole rings is 1. The molecule has 1 spiro atoms. The molecule has 2 aliphatic rings. The molecule has 10 nitrogen and oxygen atoms in total. The number of aromatic nitrogens is 4. The molecular weight excluding hydrogens is 525 g/mol. The molecule has 4 aromatic rings. The SMILES string of the molecule is CCc1nc2sc(N3CCC4(CCCN4C(N)=O)C3)nn2c1N(C)c1nc(-c2ccc(F)cc2)c(C#N)s1. The standard InChI is InChI=1S/C25H26FN9OS2/c1-3-17-20(32(2)22-30-19(18(13-27)37-22)15-5-7-16(26)8-6-15)35-23(29-17)38-24(31-35)33-12-10-25(14-33)9-4-11-34(25)21(28)36/h5-8H,3-4,9-12,14H2,1-2H3,(H2,28,36). The van der Waals surface area contributed by atoms with Gasteiger partial charge in [-0.15, -0.1) is 5.10 Å². The number of halogens is 1. The summed E-state index contributed by atoms with van der Waals surface area (Å²) in [5.74, 6) is 0.454. The third-order valence-corrected chi connectivity index (χ3v) is 9.48. The highest BCUT2D eigenvalue weighted by atomic mass is 32.1. The molecule has 2 aliphatic heterocycles. The minimum atomic E-state index is -0.352. The van der Waals surface area contributed by atoms with Crippen molar-refractivity contribution in [2.75, 3.05) is 36.5 Å². The van der Waals surface area contributed by atoms with Crippen molar-refractivity contribution in [2.24, 2.45) is 5.73 Å². The lowest BCUT2D eigenvalue weighted by atomic mass is 9.95. The van der Waals surface area contributed by atoms with Crippen LogP contribution in [0.2, 0.25) is 0 Å². The van der Waals surface area contributed by atoms with Gasteiger partial charge < -0.3 is 20.4 Å². The number of carbonyl (C=O) groups is 1. The van der Waals surface area contributed by atoms with Crippen molar-refractivity contribution in [2.45, 2.75) is 38.1 Å². The Hall–Kier alpha value is -3.76. The number of nitriles is 1. The van der Waals surface area contributed by atoms with Crippen molar-refractivity contribution in [1.29, 1.82) is 5.26 Å². The number of nitrogens with zero attached hydrogens (tertiary/aromatic N) is 8. The summed E-state index contributed by atoms with van der Waals surface area (Å²) in [5, 5.41) is 16.2. The van der Waals surface area contributed by atoms with Crippen LogP contribution in [0.25, 0.3) is 16.2 Å². The second kappa shape index (κ2) is 9.21. The first kappa shape index (κ1) is 24.6. The third kappa shape index (κ3) is 3.86. The summed E-state index contributed by atoms with van der Waals surface area (Å²) < 4.78 is 15.3. The monoisotopic (exact) mass is 551 g/mol. The Morgan fingerprint density at radius 1 is 1.24 bits per heavy atom. The number of hydrogen-bond donors (Lipinski definition) is 1. The number of amides is 2. The molecule has 2 fully saturated rings. The van der Waals surface area contributed by atoms with Crippen molar-refractivity contribution >= 4 is 49.7 Å². The zero-order valence-corrected chi connectivity index (χ0v) is 22.6. The van der Waals surface area contributed by atoms with E-state index >= 15 is 0 Å². The molecule has 1 atom stereocenters. The largest absolute Gasteiger partial charge is 0.351 e. The molecule has 38 heavy (non-hydrogen) atoms. The summed E-state index contributed by atoms with van der Waals surface area (Å²) in [5.41, 5.74) is 7.54. The zero-order chi connectivity index (χ0) is 26.6. The maximum absolute atomic E-state index is 13.5. The van der Waals surface area contributed by atoms with E-state index in [4.69, 9.17) is 20.8 Å². The number of primary amides is 1. The fraction of sp³-hybridized carbons (Fsp3) is 0.400. The Morgan fingerprint density at radius 3 is 2.74 bits per heavy atom. The third-order valence-electron chi connectivity index (χ3n) is 7.48. The highest BCUT2D eigenvalue weighted by Crippen LogP contribution is 2.42. The average molecular weight is 552 g/mol. The lowest BCUT2D eigenvalue weighted by Gasteiger charge is -2.33. The first-order chi connectivity index (χ1) is 18.3. The number of aryl methyl sites for hydroxylation is 1. The van der Waals surface area contributed by atoms with Gasteiger partial charge in [0.1, 0.15) is 22.5 Å². The van der Waals surface area contributed by atoms with E-state index < -0.39 is 0 Å². The molecule has 0 saturated carbocycles. The second-order valence-electron chi connectivity index (χ2n) is 9.66. The number of fused-ring (bicyclic) bond motifs is 1. The van der Waals surface area contributed by atoms with Gasteiger partial charge in [-0.2, -0.15) is 9.78 Å². The molecule has 196 valence electrons. The predicted octanol–water partition coefficient (Wildman–Crippen LogP) is 4.38. The maximum atomic E-state index is 13.5. The molecule has 2 N–H and O–H groups in total. The molecule has 6 rings (SSSR count). The molecule has 0 bridgehead atoms. The summed E-state index contributed by atoms with van der Waals surface area (Å²) in [4.78, 5) is 28.8. The summed E-state index contributed by atoms with van der Waals surface area (Å²) in [7, 11) is 1.89. The van der Waals surface area contributed by atoms with Gasteiger partial charge in [0.05, 0.1) is 11.2 Å². The number of urea groups is 1. The molecular formula is C25H26FN9OS2. The minimum absolute atomic E-state index is 0.223. The highest BCUT2D eigenvalue weighted by molar-refractivity contribution is 7.20. The lowest BCUT2D eigenvalue weighted by Crippen LogP contribution is -2.51. The van der Waals surface area contributed by atoms with Gasteiger partial charge in [-0.05, 0) is 49.9 Å². The van der Waals surface area contributed by atoms with Gasteiger partial charge in [0.15, 0.2) is 10.9 Å². The van der Waals surface area contributed by atoms with E-state index in [1.165, 1.54) is 34.8 Å². The summed E-state index contributed by atoms with van der Waals surface area (Å²) in [6.07, 6.45) is 3.48. The number of benzene rings is 1. The number of nitrogens with two attached hydrogens (primary N) is 1. The van der Waals surface area contributed by atoms with E-state index in [2.05, 4.69) is 11.0 Å². The normalized spacial score (nSPS) is 19.1. The first-order valence-corrected chi connectivity index (χ1v) is 14.1. The molecule has 0 radical (unpaired) electrons. The van der Waals surface area contributed by atoms with Gasteiger partial charge in [-0.1, -0.05) is 29.6 Å².